The fourth-order valence-electron chi connectivity index (χ4n) is 4.74. The molecule has 1 unspecified atom stereocenters. The highest BCUT2D eigenvalue weighted by Gasteiger charge is 2.22. The first kappa shape index (κ1) is 29.6. The van der Waals surface area contributed by atoms with Gasteiger partial charge in [0.1, 0.15) is 23.9 Å². The molecule has 0 fully saturated rings. The van der Waals surface area contributed by atoms with Gasteiger partial charge in [0.05, 0.1) is 18.0 Å². The van der Waals surface area contributed by atoms with Crippen molar-refractivity contribution in [2.45, 2.75) is 26.0 Å². The number of hydrogen-bond acceptors (Lipinski definition) is 4. The molecule has 5 aromatic rings. The van der Waals surface area contributed by atoms with E-state index in [1.807, 2.05) is 110 Å². The van der Waals surface area contributed by atoms with E-state index in [0.29, 0.717) is 33.7 Å². The third-order valence-electron chi connectivity index (χ3n) is 6.83. The molecular formula is C36H30BrNO5. The molecule has 0 spiro atoms. The summed E-state index contributed by atoms with van der Waals surface area (Å²) < 4.78 is 12.9. The SMILES string of the molecule is Cc1cccc(COc2ccc(Br)cc2C(=O)NC(CC(=O)O)c2ccc(-c3ccccc3Oc3ccccc3)cc2)c1. The van der Waals surface area contributed by atoms with Crippen molar-refractivity contribution in [2.75, 3.05) is 0 Å². The maximum absolute atomic E-state index is 13.5. The Hall–Kier alpha value is -4.88. The van der Waals surface area contributed by atoms with Crippen LogP contribution < -0.4 is 14.8 Å². The maximum Gasteiger partial charge on any atom is 0.305 e. The van der Waals surface area contributed by atoms with Crippen molar-refractivity contribution in [3.05, 3.63) is 148 Å². The number of aryl methyl sites for hydroxylation is 1. The van der Waals surface area contributed by atoms with E-state index in [-0.39, 0.29) is 6.42 Å². The van der Waals surface area contributed by atoms with Crippen molar-refractivity contribution in [1.29, 1.82) is 0 Å². The standard InChI is InChI=1S/C36H30BrNO5/c1-24-8-7-9-25(20-24)23-42-33-19-18-28(37)21-31(33)36(41)38-32(22-35(39)40)27-16-14-26(15-17-27)30-12-5-6-13-34(30)43-29-10-3-2-4-11-29/h2-21,32H,22-23H2,1H3,(H,38,41)(H,39,40). The van der Waals surface area contributed by atoms with Crippen LogP contribution in [-0.2, 0) is 11.4 Å². The minimum atomic E-state index is -1.03. The number of para-hydroxylation sites is 2. The van der Waals surface area contributed by atoms with E-state index in [1.54, 1.807) is 18.2 Å². The molecule has 0 saturated heterocycles. The van der Waals surface area contributed by atoms with Crippen molar-refractivity contribution in [3.63, 3.8) is 0 Å². The third-order valence-corrected chi connectivity index (χ3v) is 7.32. The third kappa shape index (κ3) is 7.90. The van der Waals surface area contributed by atoms with E-state index >= 15 is 0 Å². The lowest BCUT2D eigenvalue weighted by atomic mass is 9.98. The summed E-state index contributed by atoms with van der Waals surface area (Å²) in [7, 11) is 0. The average Bonchev–Trinajstić information content (AvgIpc) is 3.01. The molecule has 0 aromatic heterocycles. The Balaban J connectivity index is 1.36. The number of benzene rings is 5. The summed E-state index contributed by atoms with van der Waals surface area (Å²) in [5, 5.41) is 12.6. The molecule has 1 amide bonds. The van der Waals surface area contributed by atoms with Crippen molar-refractivity contribution in [1.82, 2.24) is 5.32 Å². The number of carboxylic acids is 1. The quantitative estimate of drug-likeness (QED) is 0.152. The highest BCUT2D eigenvalue weighted by Crippen LogP contribution is 2.34. The Kier molecular flexibility index (Phi) is 9.54. The monoisotopic (exact) mass is 635 g/mol. The second kappa shape index (κ2) is 13.9. The zero-order chi connectivity index (χ0) is 30.2. The predicted molar refractivity (Wildman–Crippen MR) is 171 cm³/mol. The van der Waals surface area contributed by atoms with E-state index < -0.39 is 17.9 Å². The molecular weight excluding hydrogens is 606 g/mol. The van der Waals surface area contributed by atoms with Gasteiger partial charge in [-0.2, -0.15) is 0 Å². The molecule has 5 aromatic carbocycles. The number of amides is 1. The topological polar surface area (TPSA) is 84.9 Å². The first-order chi connectivity index (χ1) is 20.9. The second-order valence-electron chi connectivity index (χ2n) is 10.1. The summed E-state index contributed by atoms with van der Waals surface area (Å²) in [6.07, 6.45) is -0.285. The Morgan fingerprint density at radius 3 is 2.30 bits per heavy atom. The number of nitrogens with one attached hydrogen (secondary N) is 1. The predicted octanol–water partition coefficient (Wildman–Crippen LogP) is 8.74. The van der Waals surface area contributed by atoms with Crippen molar-refractivity contribution in [2.24, 2.45) is 0 Å². The average molecular weight is 637 g/mol. The van der Waals surface area contributed by atoms with Crippen LogP contribution in [0.15, 0.2) is 126 Å². The van der Waals surface area contributed by atoms with Crippen molar-refractivity contribution in [3.8, 4) is 28.4 Å². The molecule has 7 heteroatoms. The molecule has 0 saturated carbocycles. The van der Waals surface area contributed by atoms with Gasteiger partial charge in [0, 0.05) is 10.0 Å². The van der Waals surface area contributed by atoms with Crippen LogP contribution in [0.2, 0.25) is 0 Å². The summed E-state index contributed by atoms with van der Waals surface area (Å²) in [4.78, 5) is 25.3. The van der Waals surface area contributed by atoms with E-state index in [4.69, 9.17) is 9.47 Å². The second-order valence-corrected chi connectivity index (χ2v) is 11.0. The van der Waals surface area contributed by atoms with Crippen LogP contribution in [0.25, 0.3) is 11.1 Å². The number of rotatable bonds is 11. The van der Waals surface area contributed by atoms with Crippen molar-refractivity contribution >= 4 is 27.8 Å². The lowest BCUT2D eigenvalue weighted by Crippen LogP contribution is -2.30. The van der Waals surface area contributed by atoms with Crippen LogP contribution in [0.4, 0.5) is 0 Å². The first-order valence-electron chi connectivity index (χ1n) is 13.8. The molecule has 1 atom stereocenters. The van der Waals surface area contributed by atoms with Gasteiger partial charge in [-0.3, -0.25) is 9.59 Å². The first-order valence-corrected chi connectivity index (χ1v) is 14.6. The van der Waals surface area contributed by atoms with Gasteiger partial charge in [0.2, 0.25) is 0 Å². The molecule has 2 N–H and O–H groups in total. The largest absolute Gasteiger partial charge is 0.488 e. The van der Waals surface area contributed by atoms with Gasteiger partial charge in [-0.1, -0.05) is 106 Å². The van der Waals surface area contributed by atoms with E-state index in [2.05, 4.69) is 21.2 Å². The number of halogens is 1. The van der Waals surface area contributed by atoms with Gasteiger partial charge in [-0.25, -0.2) is 0 Å². The minimum Gasteiger partial charge on any atom is -0.488 e. The van der Waals surface area contributed by atoms with Gasteiger partial charge in [-0.15, -0.1) is 0 Å². The number of carboxylic acid groups (broad SMARTS) is 1. The molecule has 0 aliphatic heterocycles. The number of aliphatic carboxylic acids is 1. The van der Waals surface area contributed by atoms with Gasteiger partial charge >= 0.3 is 5.97 Å². The Morgan fingerprint density at radius 2 is 1.56 bits per heavy atom. The zero-order valence-electron chi connectivity index (χ0n) is 23.5. The van der Waals surface area contributed by atoms with Gasteiger partial charge < -0.3 is 19.9 Å². The molecule has 6 nitrogen and oxygen atoms in total. The van der Waals surface area contributed by atoms with Gasteiger partial charge in [0.15, 0.2) is 0 Å². The Labute approximate surface area is 259 Å². The molecule has 0 heterocycles. The highest BCUT2D eigenvalue weighted by molar-refractivity contribution is 9.10. The highest BCUT2D eigenvalue weighted by atomic mass is 79.9. The van der Waals surface area contributed by atoms with Crippen LogP contribution in [0, 0.1) is 6.92 Å². The van der Waals surface area contributed by atoms with Crippen LogP contribution in [0.5, 0.6) is 17.2 Å². The number of ether oxygens (including phenoxy) is 2. The maximum atomic E-state index is 13.5. The lowest BCUT2D eigenvalue weighted by Gasteiger charge is -2.20. The van der Waals surface area contributed by atoms with Crippen molar-refractivity contribution < 1.29 is 24.2 Å². The van der Waals surface area contributed by atoms with Crippen LogP contribution in [0.1, 0.15) is 39.5 Å². The summed E-state index contributed by atoms with van der Waals surface area (Å²) in [5.74, 6) is 0.371. The van der Waals surface area contributed by atoms with E-state index in [9.17, 15) is 14.7 Å². The molecule has 0 radical (unpaired) electrons. The number of carbonyl (C=O) groups excluding carboxylic acids is 1. The number of hydrogen-bond donors (Lipinski definition) is 2. The summed E-state index contributed by atoms with van der Waals surface area (Å²) in [6.45, 7) is 2.30. The van der Waals surface area contributed by atoms with Gasteiger partial charge in [0.25, 0.3) is 5.91 Å². The van der Waals surface area contributed by atoms with Gasteiger partial charge in [-0.05, 0) is 60.0 Å². The Morgan fingerprint density at radius 1 is 0.814 bits per heavy atom. The summed E-state index contributed by atoms with van der Waals surface area (Å²) >= 11 is 3.44. The normalized spacial score (nSPS) is 11.4. The molecule has 0 aliphatic carbocycles. The smallest absolute Gasteiger partial charge is 0.305 e. The Bertz CT molecular complexity index is 1720. The fourth-order valence-corrected chi connectivity index (χ4v) is 5.10. The van der Waals surface area contributed by atoms with Crippen LogP contribution in [-0.4, -0.2) is 17.0 Å². The molecule has 0 bridgehead atoms. The lowest BCUT2D eigenvalue weighted by molar-refractivity contribution is -0.137. The van der Waals surface area contributed by atoms with Crippen LogP contribution >= 0.6 is 15.9 Å². The summed E-state index contributed by atoms with van der Waals surface area (Å²) in [6, 6.07) is 37.1. The minimum absolute atomic E-state index is 0.285. The molecule has 5 rings (SSSR count). The van der Waals surface area contributed by atoms with E-state index in [0.717, 1.165) is 28.0 Å². The molecule has 216 valence electrons. The molecule has 0 aliphatic rings. The summed E-state index contributed by atoms with van der Waals surface area (Å²) in [5.41, 5.74) is 4.86. The fraction of sp³-hybridized carbons (Fsp3) is 0.111. The van der Waals surface area contributed by atoms with Crippen LogP contribution in [0.3, 0.4) is 0 Å². The van der Waals surface area contributed by atoms with E-state index in [1.165, 1.54) is 0 Å². The number of carbonyl (C=O) groups is 2. The molecule has 43 heavy (non-hydrogen) atoms. The zero-order valence-corrected chi connectivity index (χ0v) is 25.1.